The van der Waals surface area contributed by atoms with Gasteiger partial charge in [0.05, 0.1) is 0 Å². The summed E-state index contributed by atoms with van der Waals surface area (Å²) in [5.41, 5.74) is 1.07. The summed E-state index contributed by atoms with van der Waals surface area (Å²) in [5, 5.41) is 1.35. The Kier molecular flexibility index (Phi) is 4.31. The van der Waals surface area contributed by atoms with Crippen LogP contribution in [0.2, 0.25) is 10.0 Å². The van der Waals surface area contributed by atoms with E-state index < -0.39 is 0 Å². The van der Waals surface area contributed by atoms with Crippen molar-refractivity contribution in [2.75, 3.05) is 13.1 Å². The van der Waals surface area contributed by atoms with E-state index in [4.69, 9.17) is 23.2 Å². The van der Waals surface area contributed by atoms with Gasteiger partial charge in [0.15, 0.2) is 0 Å². The number of benzene rings is 1. The number of nitrogens with zero attached hydrogens (tertiary/aromatic N) is 1. The highest BCUT2D eigenvalue weighted by Crippen LogP contribution is 2.31. The summed E-state index contributed by atoms with van der Waals surface area (Å²) in [7, 11) is 0. The number of halogens is 2. The molecule has 2 atom stereocenters. The van der Waals surface area contributed by atoms with Gasteiger partial charge in [0, 0.05) is 41.5 Å². The molecule has 0 amide bonds. The molecule has 0 spiro atoms. The molecule has 1 aromatic rings. The van der Waals surface area contributed by atoms with Crippen molar-refractivity contribution in [3.63, 3.8) is 0 Å². The van der Waals surface area contributed by atoms with E-state index in [0.717, 1.165) is 18.7 Å². The summed E-state index contributed by atoms with van der Waals surface area (Å²) in [6, 6.07) is 5.81. The van der Waals surface area contributed by atoms with E-state index >= 15 is 0 Å². The van der Waals surface area contributed by atoms with Crippen LogP contribution in [-0.4, -0.2) is 23.8 Å². The van der Waals surface area contributed by atoms with E-state index in [0.29, 0.717) is 22.2 Å². The fraction of sp³-hybridized carbons (Fsp3) is 0.500. The van der Waals surface area contributed by atoms with Crippen LogP contribution in [0.4, 0.5) is 0 Å². The first-order valence-electron chi connectivity index (χ1n) is 6.20. The highest BCUT2D eigenvalue weighted by Gasteiger charge is 2.27. The monoisotopic (exact) mass is 285 g/mol. The molecule has 0 aliphatic carbocycles. The molecule has 1 aromatic carbocycles. The van der Waals surface area contributed by atoms with Crippen LogP contribution >= 0.6 is 23.2 Å². The van der Waals surface area contributed by atoms with Crippen LogP contribution in [0.5, 0.6) is 0 Å². The van der Waals surface area contributed by atoms with Gasteiger partial charge < -0.3 is 0 Å². The average Bonchev–Trinajstić information content (AvgIpc) is 2.32. The second kappa shape index (κ2) is 5.60. The number of hydrogen-bond acceptors (Lipinski definition) is 2. The van der Waals surface area contributed by atoms with Crippen molar-refractivity contribution in [3.05, 3.63) is 33.8 Å². The minimum absolute atomic E-state index is 0.118. The minimum Gasteiger partial charge on any atom is -0.299 e. The van der Waals surface area contributed by atoms with Crippen LogP contribution < -0.4 is 0 Å². The number of carbonyl (C=O) groups is 1. The third-order valence-corrected chi connectivity index (χ3v) is 4.23. The topological polar surface area (TPSA) is 20.3 Å². The van der Waals surface area contributed by atoms with E-state index in [1.807, 2.05) is 19.1 Å². The van der Waals surface area contributed by atoms with E-state index in [-0.39, 0.29) is 12.0 Å². The quantitative estimate of drug-likeness (QED) is 0.820. The molecule has 0 N–H and O–H groups in total. The van der Waals surface area contributed by atoms with E-state index in [1.165, 1.54) is 0 Å². The van der Waals surface area contributed by atoms with Crippen LogP contribution in [0, 0.1) is 5.92 Å². The third-order valence-electron chi connectivity index (χ3n) is 3.66. The fourth-order valence-electron chi connectivity index (χ4n) is 2.43. The minimum atomic E-state index is 0.118. The van der Waals surface area contributed by atoms with Gasteiger partial charge in [-0.25, -0.2) is 0 Å². The van der Waals surface area contributed by atoms with Gasteiger partial charge in [0.1, 0.15) is 5.78 Å². The average molecular weight is 286 g/mol. The highest BCUT2D eigenvalue weighted by atomic mass is 35.5. The Balaban J connectivity index is 2.16. The Morgan fingerprint density at radius 2 is 2.11 bits per heavy atom. The predicted octanol–water partition coefficient (Wildman–Crippen LogP) is 3.97. The number of likely N-dealkylation sites (tertiary alicyclic amines) is 1. The van der Waals surface area contributed by atoms with Gasteiger partial charge in [0.2, 0.25) is 0 Å². The molecule has 2 unspecified atom stereocenters. The first kappa shape index (κ1) is 13.9. The molecule has 1 aliphatic rings. The number of rotatable bonds is 2. The maximum atomic E-state index is 11.5. The summed E-state index contributed by atoms with van der Waals surface area (Å²) in [6.07, 6.45) is 0.636. The zero-order valence-corrected chi connectivity index (χ0v) is 12.1. The molecule has 1 heterocycles. The number of carbonyl (C=O) groups excluding carboxylic acids is 1. The number of ketones is 1. The molecule has 0 aromatic heterocycles. The van der Waals surface area contributed by atoms with Crippen LogP contribution in [0.25, 0.3) is 0 Å². The molecular weight excluding hydrogens is 269 g/mol. The van der Waals surface area contributed by atoms with Gasteiger partial charge in [-0.15, -0.1) is 0 Å². The molecule has 0 saturated carbocycles. The molecule has 2 rings (SSSR count). The maximum absolute atomic E-state index is 11.5. The van der Waals surface area contributed by atoms with Crippen molar-refractivity contribution in [3.8, 4) is 0 Å². The first-order valence-corrected chi connectivity index (χ1v) is 6.96. The summed E-state index contributed by atoms with van der Waals surface area (Å²) >= 11 is 12.1. The normalized spacial score (nSPS) is 23.1. The number of piperidine rings is 1. The van der Waals surface area contributed by atoms with Crippen molar-refractivity contribution in [1.82, 2.24) is 4.90 Å². The molecule has 0 bridgehead atoms. The second-order valence-corrected chi connectivity index (χ2v) is 5.80. The molecular formula is C14H17Cl2NO. The number of Topliss-reactive ketones (excluding diaryl/α,β-unsaturated/α-hetero) is 1. The zero-order valence-electron chi connectivity index (χ0n) is 10.6. The molecule has 0 radical (unpaired) electrons. The lowest BCUT2D eigenvalue weighted by molar-refractivity contribution is -0.126. The predicted molar refractivity (Wildman–Crippen MR) is 75.2 cm³/mol. The Morgan fingerprint density at radius 1 is 1.39 bits per heavy atom. The van der Waals surface area contributed by atoms with Gasteiger partial charge in [-0.1, -0.05) is 36.2 Å². The molecule has 4 heteroatoms. The van der Waals surface area contributed by atoms with Crippen molar-refractivity contribution in [1.29, 1.82) is 0 Å². The van der Waals surface area contributed by atoms with Gasteiger partial charge in [-0.3, -0.25) is 9.69 Å². The third kappa shape index (κ3) is 2.87. The Bertz CT molecular complexity index is 461. The summed E-state index contributed by atoms with van der Waals surface area (Å²) in [4.78, 5) is 13.8. The molecule has 1 fully saturated rings. The second-order valence-electron chi connectivity index (χ2n) is 4.95. The molecule has 18 heavy (non-hydrogen) atoms. The maximum Gasteiger partial charge on any atom is 0.138 e. The van der Waals surface area contributed by atoms with Crippen molar-refractivity contribution in [2.24, 2.45) is 5.92 Å². The van der Waals surface area contributed by atoms with Crippen molar-refractivity contribution in [2.45, 2.75) is 26.3 Å². The number of hydrogen-bond donors (Lipinski definition) is 0. The first-order chi connectivity index (χ1) is 8.49. The van der Waals surface area contributed by atoms with Crippen LogP contribution in [-0.2, 0) is 4.79 Å². The van der Waals surface area contributed by atoms with Gasteiger partial charge in [-0.05, 0) is 24.6 Å². The van der Waals surface area contributed by atoms with Crippen molar-refractivity contribution < 1.29 is 4.79 Å². The smallest absolute Gasteiger partial charge is 0.138 e. The van der Waals surface area contributed by atoms with E-state index in [1.54, 1.807) is 6.07 Å². The highest BCUT2D eigenvalue weighted by molar-refractivity contribution is 6.35. The van der Waals surface area contributed by atoms with Crippen LogP contribution in [0.3, 0.4) is 0 Å². The SMILES string of the molecule is CC1CN(C(C)c2ccc(Cl)cc2Cl)CCC1=O. The van der Waals surface area contributed by atoms with Gasteiger partial charge >= 0.3 is 0 Å². The van der Waals surface area contributed by atoms with E-state index in [9.17, 15) is 4.79 Å². The Hall–Kier alpha value is -0.570. The lowest BCUT2D eigenvalue weighted by atomic mass is 9.95. The van der Waals surface area contributed by atoms with Crippen LogP contribution in [0.15, 0.2) is 18.2 Å². The van der Waals surface area contributed by atoms with Gasteiger partial charge in [0.25, 0.3) is 0 Å². The standard InChI is InChI=1S/C14H17Cl2NO/c1-9-8-17(6-5-14(9)18)10(2)12-4-3-11(15)7-13(12)16/h3-4,7,9-10H,5-6,8H2,1-2H3. The largest absolute Gasteiger partial charge is 0.299 e. The van der Waals surface area contributed by atoms with Gasteiger partial charge in [-0.2, -0.15) is 0 Å². The molecule has 2 nitrogen and oxygen atoms in total. The summed E-state index contributed by atoms with van der Waals surface area (Å²) in [5.74, 6) is 0.480. The summed E-state index contributed by atoms with van der Waals surface area (Å²) < 4.78 is 0. The van der Waals surface area contributed by atoms with Crippen LogP contribution in [0.1, 0.15) is 31.9 Å². The van der Waals surface area contributed by atoms with E-state index in [2.05, 4.69) is 11.8 Å². The zero-order chi connectivity index (χ0) is 13.3. The molecule has 1 saturated heterocycles. The lowest BCUT2D eigenvalue weighted by Gasteiger charge is -2.35. The summed E-state index contributed by atoms with van der Waals surface area (Å²) in [6.45, 7) is 5.73. The molecule has 98 valence electrons. The van der Waals surface area contributed by atoms with Crippen molar-refractivity contribution >= 4 is 29.0 Å². The fourth-order valence-corrected chi connectivity index (χ4v) is 3.00. The Morgan fingerprint density at radius 3 is 2.72 bits per heavy atom. The Labute approximate surface area is 118 Å². The lowest BCUT2D eigenvalue weighted by Crippen LogP contribution is -2.40. The molecule has 1 aliphatic heterocycles.